The number of hydrogen-bond acceptors (Lipinski definition) is 5. The van der Waals surface area contributed by atoms with Crippen LogP contribution in [0.5, 0.6) is 0 Å². The fourth-order valence-corrected chi connectivity index (χ4v) is 4.92. The van der Waals surface area contributed by atoms with Crippen molar-refractivity contribution in [3.63, 3.8) is 0 Å². The second-order valence-corrected chi connectivity index (χ2v) is 9.58. The lowest BCUT2D eigenvalue weighted by atomic mass is 9.98. The lowest BCUT2D eigenvalue weighted by Crippen LogP contribution is -2.48. The first-order valence-corrected chi connectivity index (χ1v) is 12.0. The molecule has 1 heterocycles. The maximum Gasteiger partial charge on any atom is 0.407 e. The Labute approximate surface area is 205 Å². The molecular weight excluding hydrogens is 448 g/mol. The lowest BCUT2D eigenvalue weighted by molar-refractivity contribution is -0.144. The summed E-state index contributed by atoms with van der Waals surface area (Å²) in [4.78, 5) is 38.5. The van der Waals surface area contributed by atoms with E-state index in [4.69, 9.17) is 9.47 Å². The number of likely N-dealkylation sites (N-methyl/N-ethyl adjacent to an activating group) is 1. The van der Waals surface area contributed by atoms with Crippen LogP contribution in [0.2, 0.25) is 0 Å². The quantitative estimate of drug-likeness (QED) is 0.599. The molecule has 2 aromatic rings. The first-order valence-electron chi connectivity index (χ1n) is 12.0. The molecule has 1 aliphatic heterocycles. The molecule has 1 fully saturated rings. The normalized spacial score (nSPS) is 19.7. The monoisotopic (exact) mass is 480 g/mol. The van der Waals surface area contributed by atoms with Crippen LogP contribution in [0.15, 0.2) is 48.5 Å². The van der Waals surface area contributed by atoms with Gasteiger partial charge in [-0.05, 0) is 28.2 Å². The molecule has 0 radical (unpaired) electrons. The van der Waals surface area contributed by atoms with Gasteiger partial charge in [0.1, 0.15) is 12.5 Å². The number of carbonyl (C=O) groups excluding carboxylic acids is 2. The maximum atomic E-state index is 12.9. The third kappa shape index (κ3) is 5.17. The second-order valence-electron chi connectivity index (χ2n) is 9.58. The SMILES string of the molecule is CC(C)[C@H](CC(=O)N(C)C1COCC1C(=O)O)NC(=O)OCC1c2ccccc2-c2ccccc21. The first kappa shape index (κ1) is 24.7. The number of carbonyl (C=O) groups is 3. The Hall–Kier alpha value is -3.39. The minimum absolute atomic E-state index is 0.0251. The number of hydrogen-bond donors (Lipinski definition) is 2. The molecule has 186 valence electrons. The van der Waals surface area contributed by atoms with Gasteiger partial charge in [-0.25, -0.2) is 4.79 Å². The predicted octanol–water partition coefficient (Wildman–Crippen LogP) is 3.50. The highest BCUT2D eigenvalue weighted by molar-refractivity contribution is 5.80. The van der Waals surface area contributed by atoms with Crippen LogP contribution < -0.4 is 5.32 Å². The van der Waals surface area contributed by atoms with Crippen LogP contribution in [-0.2, 0) is 19.1 Å². The number of rotatable bonds is 8. The van der Waals surface area contributed by atoms with Gasteiger partial charge >= 0.3 is 12.1 Å². The van der Waals surface area contributed by atoms with Crippen molar-refractivity contribution in [1.82, 2.24) is 10.2 Å². The van der Waals surface area contributed by atoms with E-state index in [9.17, 15) is 19.5 Å². The Balaban J connectivity index is 1.37. The number of carboxylic acid groups (broad SMARTS) is 1. The fourth-order valence-electron chi connectivity index (χ4n) is 4.92. The van der Waals surface area contributed by atoms with Crippen molar-refractivity contribution in [2.45, 2.75) is 38.3 Å². The number of fused-ring (bicyclic) bond motifs is 3. The van der Waals surface area contributed by atoms with E-state index in [0.717, 1.165) is 22.3 Å². The number of amides is 2. The highest BCUT2D eigenvalue weighted by atomic mass is 16.5. The summed E-state index contributed by atoms with van der Waals surface area (Å²) in [6, 6.07) is 15.3. The van der Waals surface area contributed by atoms with E-state index in [-0.39, 0.29) is 44.0 Å². The smallest absolute Gasteiger partial charge is 0.407 e. The molecule has 0 aromatic heterocycles. The summed E-state index contributed by atoms with van der Waals surface area (Å²) in [5.74, 6) is -2.05. The molecule has 8 heteroatoms. The molecule has 1 saturated heterocycles. The molecule has 3 atom stereocenters. The molecule has 4 rings (SSSR count). The summed E-state index contributed by atoms with van der Waals surface area (Å²) in [5.41, 5.74) is 4.57. The van der Waals surface area contributed by atoms with Gasteiger partial charge in [-0.15, -0.1) is 0 Å². The van der Waals surface area contributed by atoms with Crippen LogP contribution in [0.25, 0.3) is 11.1 Å². The van der Waals surface area contributed by atoms with Crippen molar-refractivity contribution < 1.29 is 29.0 Å². The van der Waals surface area contributed by atoms with Crippen LogP contribution in [0.4, 0.5) is 4.79 Å². The minimum Gasteiger partial charge on any atom is -0.481 e. The highest BCUT2D eigenvalue weighted by Gasteiger charge is 2.39. The summed E-state index contributed by atoms with van der Waals surface area (Å²) in [6.45, 7) is 4.30. The van der Waals surface area contributed by atoms with Gasteiger partial charge in [0.2, 0.25) is 5.91 Å². The molecule has 0 bridgehead atoms. The van der Waals surface area contributed by atoms with E-state index in [0.29, 0.717) is 0 Å². The zero-order chi connectivity index (χ0) is 25.1. The van der Waals surface area contributed by atoms with Gasteiger partial charge in [0.15, 0.2) is 0 Å². The Morgan fingerprint density at radius 2 is 1.66 bits per heavy atom. The number of ether oxygens (including phenoxy) is 2. The lowest BCUT2D eigenvalue weighted by Gasteiger charge is -2.29. The molecule has 0 saturated carbocycles. The Morgan fingerprint density at radius 3 is 2.23 bits per heavy atom. The number of nitrogens with one attached hydrogen (secondary N) is 1. The zero-order valence-corrected chi connectivity index (χ0v) is 20.3. The molecule has 2 unspecified atom stereocenters. The van der Waals surface area contributed by atoms with Crippen molar-refractivity contribution in [2.24, 2.45) is 11.8 Å². The third-order valence-electron chi connectivity index (χ3n) is 7.10. The summed E-state index contributed by atoms with van der Waals surface area (Å²) < 4.78 is 10.9. The van der Waals surface area contributed by atoms with Gasteiger partial charge < -0.3 is 24.8 Å². The number of benzene rings is 2. The largest absolute Gasteiger partial charge is 0.481 e. The van der Waals surface area contributed by atoms with Crippen molar-refractivity contribution >= 4 is 18.0 Å². The van der Waals surface area contributed by atoms with Gasteiger partial charge in [-0.1, -0.05) is 62.4 Å². The summed E-state index contributed by atoms with van der Waals surface area (Å²) in [5, 5.41) is 12.2. The third-order valence-corrected chi connectivity index (χ3v) is 7.10. The van der Waals surface area contributed by atoms with Crippen molar-refractivity contribution in [3.05, 3.63) is 59.7 Å². The van der Waals surface area contributed by atoms with E-state index in [1.807, 2.05) is 38.1 Å². The predicted molar refractivity (Wildman–Crippen MR) is 130 cm³/mol. The molecule has 0 spiro atoms. The molecular formula is C27H32N2O6. The van der Waals surface area contributed by atoms with Crippen LogP contribution in [-0.4, -0.2) is 66.9 Å². The van der Waals surface area contributed by atoms with E-state index in [2.05, 4.69) is 29.6 Å². The van der Waals surface area contributed by atoms with E-state index < -0.39 is 30.1 Å². The van der Waals surface area contributed by atoms with Gasteiger partial charge in [-0.2, -0.15) is 0 Å². The minimum atomic E-state index is -0.982. The molecule has 8 nitrogen and oxygen atoms in total. The van der Waals surface area contributed by atoms with Gasteiger partial charge in [0.25, 0.3) is 0 Å². The first-order chi connectivity index (χ1) is 16.8. The number of aliphatic carboxylic acids is 1. The average molecular weight is 481 g/mol. The molecule has 2 amide bonds. The molecule has 2 aliphatic rings. The molecule has 35 heavy (non-hydrogen) atoms. The van der Waals surface area contributed by atoms with Crippen LogP contribution >= 0.6 is 0 Å². The van der Waals surface area contributed by atoms with Crippen molar-refractivity contribution in [1.29, 1.82) is 0 Å². The topological polar surface area (TPSA) is 105 Å². The van der Waals surface area contributed by atoms with E-state index in [1.165, 1.54) is 4.90 Å². The molecule has 1 aliphatic carbocycles. The summed E-state index contributed by atoms with van der Waals surface area (Å²) >= 11 is 0. The van der Waals surface area contributed by atoms with Crippen LogP contribution in [0.3, 0.4) is 0 Å². The standard InChI is InChI=1S/C27H32N2O6/c1-16(2)23(12-25(30)29(3)24-15-34-13-22(24)26(31)32)28-27(33)35-14-21-19-10-6-4-8-17(19)18-9-5-7-11-20(18)21/h4-11,16,21-24H,12-15H2,1-3H3,(H,28,33)(H,31,32)/t22?,23-,24?/m0/s1. The maximum absolute atomic E-state index is 12.9. The van der Waals surface area contributed by atoms with Gasteiger partial charge in [0, 0.05) is 25.4 Å². The van der Waals surface area contributed by atoms with E-state index >= 15 is 0 Å². The van der Waals surface area contributed by atoms with Crippen LogP contribution in [0, 0.1) is 11.8 Å². The van der Waals surface area contributed by atoms with Crippen LogP contribution in [0.1, 0.15) is 37.3 Å². The second kappa shape index (κ2) is 10.5. The summed E-state index contributed by atoms with van der Waals surface area (Å²) in [7, 11) is 1.59. The Morgan fingerprint density at radius 1 is 1.06 bits per heavy atom. The fraction of sp³-hybridized carbons (Fsp3) is 0.444. The summed E-state index contributed by atoms with van der Waals surface area (Å²) in [6.07, 6.45) is -0.532. The van der Waals surface area contributed by atoms with Crippen molar-refractivity contribution in [2.75, 3.05) is 26.9 Å². The molecule has 2 N–H and O–H groups in total. The van der Waals surface area contributed by atoms with E-state index in [1.54, 1.807) is 7.05 Å². The van der Waals surface area contributed by atoms with Gasteiger partial charge in [0.05, 0.1) is 19.3 Å². The number of alkyl carbamates (subject to hydrolysis) is 1. The number of carboxylic acids is 1. The van der Waals surface area contributed by atoms with Crippen molar-refractivity contribution in [3.8, 4) is 11.1 Å². The Bertz CT molecular complexity index is 1060. The average Bonchev–Trinajstić information content (AvgIpc) is 3.45. The van der Waals surface area contributed by atoms with Gasteiger partial charge in [-0.3, -0.25) is 9.59 Å². The highest BCUT2D eigenvalue weighted by Crippen LogP contribution is 2.44. The molecule has 2 aromatic carbocycles. The number of nitrogens with zero attached hydrogens (tertiary/aromatic N) is 1. The Kier molecular flexibility index (Phi) is 7.40. The zero-order valence-electron chi connectivity index (χ0n) is 20.3.